The molecular formula is C13H23N3O3S. The Labute approximate surface area is 120 Å². The van der Waals surface area contributed by atoms with E-state index < -0.39 is 9.84 Å². The molecule has 0 bridgehead atoms. The van der Waals surface area contributed by atoms with Gasteiger partial charge in [-0.05, 0) is 18.1 Å². The molecule has 0 radical (unpaired) electrons. The number of pyridine rings is 1. The monoisotopic (exact) mass is 301 g/mol. The molecule has 0 aliphatic heterocycles. The van der Waals surface area contributed by atoms with E-state index in [4.69, 9.17) is 10.5 Å². The minimum atomic E-state index is -2.98. The van der Waals surface area contributed by atoms with E-state index in [2.05, 4.69) is 10.3 Å². The molecule has 0 fully saturated rings. The zero-order valence-electron chi connectivity index (χ0n) is 12.2. The van der Waals surface area contributed by atoms with Crippen molar-refractivity contribution in [3.8, 4) is 5.88 Å². The number of sulfone groups is 1. The third-order valence-electron chi connectivity index (χ3n) is 2.60. The van der Waals surface area contributed by atoms with Crippen LogP contribution in [0.4, 0.5) is 11.5 Å². The van der Waals surface area contributed by atoms with Gasteiger partial charge in [-0.25, -0.2) is 8.42 Å². The zero-order chi connectivity index (χ0) is 15.2. The van der Waals surface area contributed by atoms with Crippen molar-refractivity contribution in [2.24, 2.45) is 5.92 Å². The molecule has 1 rings (SSSR count). The number of aromatic nitrogens is 1. The van der Waals surface area contributed by atoms with Crippen LogP contribution in [0, 0.1) is 5.92 Å². The van der Waals surface area contributed by atoms with Crippen molar-refractivity contribution in [3.63, 3.8) is 0 Å². The molecule has 0 aliphatic rings. The first-order valence-corrected chi connectivity index (χ1v) is 8.50. The van der Waals surface area contributed by atoms with Crippen LogP contribution in [-0.4, -0.2) is 38.1 Å². The molecule has 0 amide bonds. The van der Waals surface area contributed by atoms with Gasteiger partial charge < -0.3 is 15.8 Å². The van der Waals surface area contributed by atoms with E-state index in [1.807, 2.05) is 13.8 Å². The van der Waals surface area contributed by atoms with Gasteiger partial charge in [-0.15, -0.1) is 0 Å². The second-order valence-corrected chi connectivity index (χ2v) is 7.43. The van der Waals surface area contributed by atoms with Crippen molar-refractivity contribution in [3.05, 3.63) is 12.1 Å². The first-order chi connectivity index (χ1) is 9.34. The summed E-state index contributed by atoms with van der Waals surface area (Å²) in [5, 5.41) is 2.96. The average molecular weight is 301 g/mol. The molecule has 0 saturated heterocycles. The standard InChI is InChI=1S/C13H23N3O3S/c1-4-20(17,18)8-7-15-12-6-5-11(14)13(16-12)19-9-10(2)3/h5-6,10H,4,7-9,14H2,1-3H3,(H,15,16). The first-order valence-electron chi connectivity index (χ1n) is 6.67. The zero-order valence-corrected chi connectivity index (χ0v) is 13.0. The number of anilines is 2. The lowest BCUT2D eigenvalue weighted by Crippen LogP contribution is -2.18. The second-order valence-electron chi connectivity index (χ2n) is 4.96. The van der Waals surface area contributed by atoms with Gasteiger partial charge in [0.25, 0.3) is 0 Å². The Hall–Kier alpha value is -1.50. The van der Waals surface area contributed by atoms with Gasteiger partial charge in [0.15, 0.2) is 9.84 Å². The van der Waals surface area contributed by atoms with Crippen molar-refractivity contribution in [1.29, 1.82) is 0 Å². The summed E-state index contributed by atoms with van der Waals surface area (Å²) < 4.78 is 28.3. The molecule has 0 saturated carbocycles. The van der Waals surface area contributed by atoms with Gasteiger partial charge >= 0.3 is 0 Å². The van der Waals surface area contributed by atoms with Crippen LogP contribution in [0.25, 0.3) is 0 Å². The third kappa shape index (κ3) is 5.64. The highest BCUT2D eigenvalue weighted by Gasteiger charge is 2.08. The molecule has 0 aliphatic carbocycles. The Kier molecular flexibility index (Phi) is 6.06. The number of hydrogen-bond acceptors (Lipinski definition) is 6. The van der Waals surface area contributed by atoms with E-state index in [9.17, 15) is 8.42 Å². The van der Waals surface area contributed by atoms with Crippen molar-refractivity contribution >= 4 is 21.3 Å². The topological polar surface area (TPSA) is 94.3 Å². The molecule has 0 aromatic carbocycles. The molecule has 0 spiro atoms. The molecule has 1 heterocycles. The van der Waals surface area contributed by atoms with Crippen LogP contribution in [0.1, 0.15) is 20.8 Å². The maximum Gasteiger partial charge on any atom is 0.239 e. The molecule has 0 atom stereocenters. The quantitative estimate of drug-likeness (QED) is 0.756. The smallest absolute Gasteiger partial charge is 0.239 e. The number of ether oxygens (including phenoxy) is 1. The summed E-state index contributed by atoms with van der Waals surface area (Å²) in [6, 6.07) is 3.40. The molecule has 6 nitrogen and oxygen atoms in total. The van der Waals surface area contributed by atoms with Gasteiger partial charge in [-0.2, -0.15) is 4.98 Å². The molecule has 1 aromatic rings. The van der Waals surface area contributed by atoms with E-state index in [1.165, 1.54) is 0 Å². The lowest BCUT2D eigenvalue weighted by atomic mass is 10.2. The van der Waals surface area contributed by atoms with Crippen molar-refractivity contribution < 1.29 is 13.2 Å². The fraction of sp³-hybridized carbons (Fsp3) is 0.615. The van der Waals surface area contributed by atoms with Gasteiger partial charge in [-0.1, -0.05) is 20.8 Å². The Morgan fingerprint density at radius 2 is 2.10 bits per heavy atom. The van der Waals surface area contributed by atoms with Crippen LogP contribution in [0.5, 0.6) is 5.88 Å². The highest BCUT2D eigenvalue weighted by molar-refractivity contribution is 7.91. The number of nitrogens with zero attached hydrogens (tertiary/aromatic N) is 1. The number of nitrogen functional groups attached to an aromatic ring is 1. The van der Waals surface area contributed by atoms with E-state index in [-0.39, 0.29) is 11.5 Å². The number of nitrogens with two attached hydrogens (primary N) is 1. The molecule has 20 heavy (non-hydrogen) atoms. The van der Waals surface area contributed by atoms with Crippen LogP contribution in [0.3, 0.4) is 0 Å². The lowest BCUT2D eigenvalue weighted by molar-refractivity contribution is 0.263. The van der Waals surface area contributed by atoms with Crippen LogP contribution in [0.15, 0.2) is 12.1 Å². The summed E-state index contributed by atoms with van der Waals surface area (Å²) >= 11 is 0. The fourth-order valence-corrected chi connectivity index (χ4v) is 2.09. The maximum atomic E-state index is 11.4. The molecule has 0 unspecified atom stereocenters. The maximum absolute atomic E-state index is 11.4. The fourth-order valence-electron chi connectivity index (χ4n) is 1.39. The highest BCUT2D eigenvalue weighted by Crippen LogP contribution is 2.21. The van der Waals surface area contributed by atoms with Gasteiger partial charge in [0.1, 0.15) is 5.82 Å². The Bertz CT molecular complexity index is 530. The van der Waals surface area contributed by atoms with Crippen molar-refractivity contribution in [2.45, 2.75) is 20.8 Å². The SMILES string of the molecule is CCS(=O)(=O)CCNc1ccc(N)c(OCC(C)C)n1. The second kappa shape index (κ2) is 7.33. The Morgan fingerprint density at radius 3 is 2.70 bits per heavy atom. The molecular weight excluding hydrogens is 278 g/mol. The highest BCUT2D eigenvalue weighted by atomic mass is 32.2. The average Bonchev–Trinajstić information content (AvgIpc) is 2.39. The van der Waals surface area contributed by atoms with E-state index >= 15 is 0 Å². The van der Waals surface area contributed by atoms with Crippen LogP contribution < -0.4 is 15.8 Å². The van der Waals surface area contributed by atoms with Gasteiger partial charge in [0.2, 0.25) is 5.88 Å². The summed E-state index contributed by atoms with van der Waals surface area (Å²) in [4.78, 5) is 4.24. The molecule has 3 N–H and O–H groups in total. The summed E-state index contributed by atoms with van der Waals surface area (Å²) in [6.07, 6.45) is 0. The minimum Gasteiger partial charge on any atom is -0.476 e. The largest absolute Gasteiger partial charge is 0.476 e. The minimum absolute atomic E-state index is 0.0811. The van der Waals surface area contributed by atoms with Gasteiger partial charge in [0, 0.05) is 12.3 Å². The predicted octanol–water partition coefficient (Wildman–Crippen LogP) is 1.55. The summed E-state index contributed by atoms with van der Waals surface area (Å²) in [6.45, 7) is 6.55. The number of rotatable bonds is 8. The number of hydrogen-bond donors (Lipinski definition) is 2. The first kappa shape index (κ1) is 16.6. The van der Waals surface area contributed by atoms with Crippen molar-refractivity contribution in [2.75, 3.05) is 35.7 Å². The third-order valence-corrected chi connectivity index (χ3v) is 4.31. The molecule has 7 heteroatoms. The van der Waals surface area contributed by atoms with Crippen LogP contribution in [0.2, 0.25) is 0 Å². The van der Waals surface area contributed by atoms with E-state index in [0.717, 1.165) is 0 Å². The molecule has 114 valence electrons. The lowest BCUT2D eigenvalue weighted by Gasteiger charge is -2.12. The Morgan fingerprint density at radius 1 is 1.40 bits per heavy atom. The van der Waals surface area contributed by atoms with Crippen LogP contribution in [-0.2, 0) is 9.84 Å². The van der Waals surface area contributed by atoms with Crippen LogP contribution >= 0.6 is 0 Å². The van der Waals surface area contributed by atoms with E-state index in [0.29, 0.717) is 36.5 Å². The normalized spacial score (nSPS) is 11.6. The van der Waals surface area contributed by atoms with Gasteiger partial charge in [-0.3, -0.25) is 0 Å². The Balaban J connectivity index is 2.61. The van der Waals surface area contributed by atoms with Gasteiger partial charge in [0.05, 0.1) is 18.0 Å². The summed E-state index contributed by atoms with van der Waals surface area (Å²) in [5.41, 5.74) is 6.25. The van der Waals surface area contributed by atoms with E-state index in [1.54, 1.807) is 19.1 Å². The summed E-state index contributed by atoms with van der Waals surface area (Å²) in [5.74, 6) is 1.54. The number of nitrogens with one attached hydrogen (secondary N) is 1. The predicted molar refractivity (Wildman–Crippen MR) is 81.8 cm³/mol. The molecule has 1 aromatic heterocycles. The summed E-state index contributed by atoms with van der Waals surface area (Å²) in [7, 11) is -2.98. The van der Waals surface area contributed by atoms with Crippen molar-refractivity contribution in [1.82, 2.24) is 4.98 Å².